The molecule has 2 aromatic rings. The minimum Gasteiger partial charge on any atom is -0.388 e. The molecule has 1 aromatic carbocycles. The summed E-state index contributed by atoms with van der Waals surface area (Å²) in [6, 6.07) is 5.02. The van der Waals surface area contributed by atoms with Crippen LogP contribution in [0.3, 0.4) is 0 Å². The van der Waals surface area contributed by atoms with Crippen LogP contribution in [0.2, 0.25) is 0 Å². The van der Waals surface area contributed by atoms with Gasteiger partial charge in [0.25, 0.3) is 5.91 Å². The molecule has 0 spiro atoms. The Morgan fingerprint density at radius 1 is 1.32 bits per heavy atom. The minimum atomic E-state index is -0.973. The van der Waals surface area contributed by atoms with Crippen molar-refractivity contribution in [3.05, 3.63) is 46.0 Å². The molecule has 0 bridgehead atoms. The molecule has 1 amide bonds. The number of H-pyrrole nitrogens is 1. The maximum Gasteiger partial charge on any atom is 0.252 e. The van der Waals surface area contributed by atoms with E-state index in [0.29, 0.717) is 18.2 Å². The van der Waals surface area contributed by atoms with E-state index in [2.05, 4.69) is 10.3 Å². The predicted octanol–water partition coefficient (Wildman–Crippen LogP) is 1.95. The fourth-order valence-electron chi connectivity index (χ4n) is 2.26. The summed E-state index contributed by atoms with van der Waals surface area (Å²) in [5.74, 6) is -0.963. The maximum absolute atomic E-state index is 13.2. The fraction of sp³-hybridized carbons (Fsp3) is 0.375. The molecule has 1 aromatic heterocycles. The van der Waals surface area contributed by atoms with Crippen molar-refractivity contribution in [1.29, 1.82) is 0 Å². The number of aliphatic hydroxyl groups is 1. The van der Waals surface area contributed by atoms with Gasteiger partial charge in [0, 0.05) is 18.0 Å². The first-order valence-electron chi connectivity index (χ1n) is 7.21. The Bertz CT molecular complexity index is 751. The number of benzene rings is 1. The molecule has 0 unspecified atom stereocenters. The van der Waals surface area contributed by atoms with Crippen molar-refractivity contribution < 1.29 is 14.3 Å². The number of halogens is 1. The van der Waals surface area contributed by atoms with Crippen LogP contribution in [-0.2, 0) is 0 Å². The van der Waals surface area contributed by atoms with Crippen LogP contribution in [0.15, 0.2) is 29.1 Å². The van der Waals surface area contributed by atoms with E-state index >= 15 is 0 Å². The van der Waals surface area contributed by atoms with Crippen LogP contribution in [0.4, 0.5) is 4.39 Å². The molecule has 0 saturated carbocycles. The second-order valence-corrected chi connectivity index (χ2v) is 5.35. The van der Waals surface area contributed by atoms with E-state index in [1.54, 1.807) is 0 Å². The first kappa shape index (κ1) is 16.2. The first-order chi connectivity index (χ1) is 10.4. The second kappa shape index (κ2) is 6.27. The Morgan fingerprint density at radius 2 is 2.00 bits per heavy atom. The summed E-state index contributed by atoms with van der Waals surface area (Å²) in [5.41, 5.74) is -1.03. The number of hydrogen-bond acceptors (Lipinski definition) is 3. The molecule has 0 radical (unpaired) electrons. The number of hydrogen-bond donors (Lipinski definition) is 3. The van der Waals surface area contributed by atoms with Crippen molar-refractivity contribution in [2.24, 2.45) is 0 Å². The van der Waals surface area contributed by atoms with Crippen LogP contribution in [-0.4, -0.2) is 28.1 Å². The van der Waals surface area contributed by atoms with Crippen LogP contribution < -0.4 is 10.9 Å². The number of rotatable bonds is 5. The van der Waals surface area contributed by atoms with Gasteiger partial charge in [-0.25, -0.2) is 4.39 Å². The highest BCUT2D eigenvalue weighted by atomic mass is 19.1. The maximum atomic E-state index is 13.2. The SMILES string of the molecule is CCC(O)(CC)CNC(=O)c1cc(=O)[nH]c2cc(F)ccc12. The van der Waals surface area contributed by atoms with Crippen LogP contribution in [0.25, 0.3) is 10.9 Å². The zero-order valence-corrected chi connectivity index (χ0v) is 12.6. The topological polar surface area (TPSA) is 82.2 Å². The Morgan fingerprint density at radius 3 is 2.64 bits per heavy atom. The van der Waals surface area contributed by atoms with E-state index in [4.69, 9.17) is 0 Å². The number of pyridine rings is 1. The quantitative estimate of drug-likeness (QED) is 0.789. The Kier molecular flexibility index (Phi) is 4.61. The Hall–Kier alpha value is -2.21. The van der Waals surface area contributed by atoms with Gasteiger partial charge >= 0.3 is 0 Å². The molecule has 0 aliphatic heterocycles. The lowest BCUT2D eigenvalue weighted by atomic mass is 9.97. The van der Waals surface area contributed by atoms with E-state index in [1.807, 2.05) is 13.8 Å². The number of fused-ring (bicyclic) bond motifs is 1. The molecule has 118 valence electrons. The molecule has 1 heterocycles. The number of amides is 1. The summed E-state index contributed by atoms with van der Waals surface area (Å²) in [7, 11) is 0. The van der Waals surface area contributed by atoms with Gasteiger partial charge in [-0.3, -0.25) is 9.59 Å². The highest BCUT2D eigenvalue weighted by molar-refractivity contribution is 6.05. The predicted molar refractivity (Wildman–Crippen MR) is 82.4 cm³/mol. The lowest BCUT2D eigenvalue weighted by Gasteiger charge is -2.25. The smallest absolute Gasteiger partial charge is 0.252 e. The number of carbonyl (C=O) groups excluding carboxylic acids is 1. The van der Waals surface area contributed by atoms with Crippen molar-refractivity contribution in [1.82, 2.24) is 10.3 Å². The number of aromatic nitrogens is 1. The van der Waals surface area contributed by atoms with Crippen LogP contribution in [0.1, 0.15) is 37.0 Å². The van der Waals surface area contributed by atoms with Crippen LogP contribution in [0, 0.1) is 5.82 Å². The molecule has 0 aliphatic carbocycles. The van der Waals surface area contributed by atoms with Gasteiger partial charge in [0.15, 0.2) is 0 Å². The van der Waals surface area contributed by atoms with Gasteiger partial charge in [-0.15, -0.1) is 0 Å². The van der Waals surface area contributed by atoms with Gasteiger partial charge in [-0.2, -0.15) is 0 Å². The summed E-state index contributed by atoms with van der Waals surface area (Å²) < 4.78 is 13.2. The number of carbonyl (C=O) groups is 1. The molecule has 5 nitrogen and oxygen atoms in total. The molecular weight excluding hydrogens is 287 g/mol. The van der Waals surface area contributed by atoms with Gasteiger partial charge in [0.05, 0.1) is 16.7 Å². The van der Waals surface area contributed by atoms with Crippen molar-refractivity contribution in [3.63, 3.8) is 0 Å². The van der Waals surface area contributed by atoms with Crippen molar-refractivity contribution in [2.75, 3.05) is 6.54 Å². The Balaban J connectivity index is 2.34. The third-order valence-corrected chi connectivity index (χ3v) is 3.94. The monoisotopic (exact) mass is 306 g/mol. The minimum absolute atomic E-state index is 0.0916. The van der Waals surface area contributed by atoms with Gasteiger partial charge in [-0.05, 0) is 31.0 Å². The molecule has 2 rings (SSSR count). The highest BCUT2D eigenvalue weighted by Crippen LogP contribution is 2.17. The molecule has 3 N–H and O–H groups in total. The molecule has 0 saturated heterocycles. The molecule has 0 atom stereocenters. The molecule has 0 fully saturated rings. The Labute approximate surface area is 127 Å². The number of nitrogens with one attached hydrogen (secondary N) is 2. The van der Waals surface area contributed by atoms with Crippen molar-refractivity contribution in [3.8, 4) is 0 Å². The molecule has 22 heavy (non-hydrogen) atoms. The normalized spacial score (nSPS) is 11.6. The highest BCUT2D eigenvalue weighted by Gasteiger charge is 2.23. The lowest BCUT2D eigenvalue weighted by Crippen LogP contribution is -2.42. The third-order valence-electron chi connectivity index (χ3n) is 3.94. The van der Waals surface area contributed by atoms with Crippen molar-refractivity contribution >= 4 is 16.8 Å². The molecule has 0 aliphatic rings. The van der Waals surface area contributed by atoms with E-state index in [1.165, 1.54) is 24.3 Å². The summed E-state index contributed by atoms with van der Waals surface area (Å²) in [6.45, 7) is 3.76. The largest absolute Gasteiger partial charge is 0.388 e. The van der Waals surface area contributed by atoms with Crippen molar-refractivity contribution in [2.45, 2.75) is 32.3 Å². The van der Waals surface area contributed by atoms with Gasteiger partial charge in [0.2, 0.25) is 5.56 Å². The lowest BCUT2D eigenvalue weighted by molar-refractivity contribution is 0.0314. The van der Waals surface area contributed by atoms with Crippen LogP contribution >= 0.6 is 0 Å². The summed E-state index contributed by atoms with van der Waals surface area (Å²) in [6.07, 6.45) is 1.01. The molecule has 6 heteroatoms. The molecular formula is C16H19FN2O3. The van der Waals surface area contributed by atoms with Gasteiger partial charge < -0.3 is 15.4 Å². The average molecular weight is 306 g/mol. The van der Waals surface area contributed by atoms with Gasteiger partial charge in [-0.1, -0.05) is 13.8 Å². The first-order valence-corrected chi connectivity index (χ1v) is 7.21. The van der Waals surface area contributed by atoms with Crippen LogP contribution in [0.5, 0.6) is 0 Å². The van der Waals surface area contributed by atoms with E-state index in [-0.39, 0.29) is 17.6 Å². The third kappa shape index (κ3) is 3.33. The standard InChI is InChI=1S/C16H19FN2O3/c1-3-16(22,4-2)9-18-15(21)12-8-14(20)19-13-7-10(17)5-6-11(12)13/h5-8,22H,3-4,9H2,1-2H3,(H,18,21)(H,19,20). The number of aromatic amines is 1. The zero-order valence-electron chi connectivity index (χ0n) is 12.6. The fourth-order valence-corrected chi connectivity index (χ4v) is 2.26. The summed E-state index contributed by atoms with van der Waals surface area (Å²) >= 11 is 0. The van der Waals surface area contributed by atoms with E-state index in [0.717, 1.165) is 0 Å². The van der Waals surface area contributed by atoms with E-state index < -0.39 is 22.9 Å². The summed E-state index contributed by atoms with van der Waals surface area (Å²) in [4.78, 5) is 26.4. The zero-order chi connectivity index (χ0) is 16.3. The van der Waals surface area contributed by atoms with Gasteiger partial charge in [0.1, 0.15) is 5.82 Å². The second-order valence-electron chi connectivity index (χ2n) is 5.35. The average Bonchev–Trinajstić information content (AvgIpc) is 2.51. The van der Waals surface area contributed by atoms with E-state index in [9.17, 15) is 19.1 Å². The summed E-state index contributed by atoms with van der Waals surface area (Å²) in [5, 5.41) is 13.3.